The van der Waals surface area contributed by atoms with Gasteiger partial charge < -0.3 is 20.3 Å². The standard InChI is InChI=1S/C17H27N5O/c1-19-17(20-9-11-22(2)10-4-12-23-3)21-14-16-7-5-15(13-18)6-8-16/h5-8H,4,9-12,14H2,1-3H3,(H2,19,20,21). The van der Waals surface area contributed by atoms with Gasteiger partial charge in [-0.2, -0.15) is 5.26 Å². The van der Waals surface area contributed by atoms with Crippen LogP contribution in [0.5, 0.6) is 0 Å². The number of hydrogen-bond donors (Lipinski definition) is 2. The fraction of sp³-hybridized carbons (Fsp3) is 0.529. The average Bonchev–Trinajstić information content (AvgIpc) is 2.58. The Morgan fingerprint density at radius 1 is 1.26 bits per heavy atom. The predicted molar refractivity (Wildman–Crippen MR) is 93.3 cm³/mol. The molecule has 0 atom stereocenters. The van der Waals surface area contributed by atoms with Crippen LogP contribution in [0.1, 0.15) is 17.5 Å². The second kappa shape index (κ2) is 11.5. The zero-order valence-corrected chi connectivity index (χ0v) is 14.3. The van der Waals surface area contributed by atoms with Crippen LogP contribution in [0, 0.1) is 11.3 Å². The van der Waals surface area contributed by atoms with Crippen LogP contribution in [0.2, 0.25) is 0 Å². The van der Waals surface area contributed by atoms with Gasteiger partial charge in [0.1, 0.15) is 0 Å². The minimum atomic E-state index is 0.674. The van der Waals surface area contributed by atoms with E-state index in [0.717, 1.165) is 44.2 Å². The zero-order chi connectivity index (χ0) is 16.9. The summed E-state index contributed by atoms with van der Waals surface area (Å²) in [5.41, 5.74) is 1.79. The molecule has 0 fully saturated rings. The maximum Gasteiger partial charge on any atom is 0.191 e. The highest BCUT2D eigenvalue weighted by atomic mass is 16.5. The van der Waals surface area contributed by atoms with Gasteiger partial charge in [0.25, 0.3) is 0 Å². The Balaban J connectivity index is 2.25. The van der Waals surface area contributed by atoms with E-state index in [1.165, 1.54) is 0 Å². The van der Waals surface area contributed by atoms with Crippen molar-refractivity contribution in [1.82, 2.24) is 15.5 Å². The first-order chi connectivity index (χ1) is 11.2. The number of guanidine groups is 1. The topological polar surface area (TPSA) is 72.7 Å². The van der Waals surface area contributed by atoms with E-state index in [1.54, 1.807) is 14.2 Å². The second-order valence-corrected chi connectivity index (χ2v) is 5.31. The van der Waals surface area contributed by atoms with Crippen molar-refractivity contribution in [2.45, 2.75) is 13.0 Å². The fourth-order valence-corrected chi connectivity index (χ4v) is 2.06. The van der Waals surface area contributed by atoms with E-state index < -0.39 is 0 Å². The van der Waals surface area contributed by atoms with Gasteiger partial charge in [-0.1, -0.05) is 12.1 Å². The minimum absolute atomic E-state index is 0.674. The summed E-state index contributed by atoms with van der Waals surface area (Å²) in [5, 5.41) is 15.4. The molecule has 0 saturated carbocycles. The Kier molecular flexibility index (Phi) is 9.45. The van der Waals surface area contributed by atoms with Crippen LogP contribution in [0.25, 0.3) is 0 Å². The third kappa shape index (κ3) is 8.19. The third-order valence-electron chi connectivity index (χ3n) is 3.44. The maximum atomic E-state index is 8.79. The Labute approximate surface area is 139 Å². The summed E-state index contributed by atoms with van der Waals surface area (Å²) in [7, 11) is 5.59. The highest BCUT2D eigenvalue weighted by Gasteiger charge is 2.01. The van der Waals surface area contributed by atoms with Crippen molar-refractivity contribution in [1.29, 1.82) is 5.26 Å². The molecule has 6 heteroatoms. The van der Waals surface area contributed by atoms with Gasteiger partial charge in [-0.25, -0.2) is 0 Å². The summed E-state index contributed by atoms with van der Waals surface area (Å²) >= 11 is 0. The van der Waals surface area contributed by atoms with Crippen LogP contribution in [0.4, 0.5) is 0 Å². The van der Waals surface area contributed by atoms with Gasteiger partial charge in [-0.3, -0.25) is 4.99 Å². The van der Waals surface area contributed by atoms with Gasteiger partial charge in [0.05, 0.1) is 11.6 Å². The molecule has 2 N–H and O–H groups in total. The van der Waals surface area contributed by atoms with Crippen LogP contribution < -0.4 is 10.6 Å². The lowest BCUT2D eigenvalue weighted by Gasteiger charge is -2.18. The highest BCUT2D eigenvalue weighted by molar-refractivity contribution is 5.79. The normalized spacial score (nSPS) is 11.3. The number of hydrogen-bond acceptors (Lipinski definition) is 4. The first kappa shape index (κ1) is 18.9. The van der Waals surface area contributed by atoms with Gasteiger partial charge in [-0.05, 0) is 31.2 Å². The summed E-state index contributed by atoms with van der Waals surface area (Å²) in [6.07, 6.45) is 1.04. The number of likely N-dealkylation sites (N-methyl/N-ethyl adjacent to an activating group) is 1. The molecule has 1 aromatic carbocycles. The van der Waals surface area contributed by atoms with Crippen LogP contribution in [-0.2, 0) is 11.3 Å². The molecule has 0 spiro atoms. The molecule has 0 radical (unpaired) electrons. The molecule has 1 aromatic rings. The van der Waals surface area contributed by atoms with E-state index in [9.17, 15) is 0 Å². The molecule has 0 saturated heterocycles. The summed E-state index contributed by atoms with van der Waals surface area (Å²) in [6, 6.07) is 9.65. The van der Waals surface area contributed by atoms with Gasteiger partial charge in [0.2, 0.25) is 0 Å². The zero-order valence-electron chi connectivity index (χ0n) is 14.3. The average molecular weight is 317 g/mol. The number of nitrogens with one attached hydrogen (secondary N) is 2. The number of nitrogens with zero attached hydrogens (tertiary/aromatic N) is 3. The molecular weight excluding hydrogens is 290 g/mol. The van der Waals surface area contributed by atoms with Gasteiger partial charge >= 0.3 is 0 Å². The number of rotatable bonds is 9. The Hall–Kier alpha value is -2.10. The van der Waals surface area contributed by atoms with E-state index >= 15 is 0 Å². The third-order valence-corrected chi connectivity index (χ3v) is 3.44. The van der Waals surface area contributed by atoms with Crippen molar-refractivity contribution in [3.05, 3.63) is 35.4 Å². The van der Waals surface area contributed by atoms with Crippen molar-refractivity contribution in [2.24, 2.45) is 4.99 Å². The van der Waals surface area contributed by atoms with Gasteiger partial charge in [-0.15, -0.1) is 0 Å². The Bertz CT molecular complexity index is 507. The maximum absolute atomic E-state index is 8.79. The number of benzene rings is 1. The van der Waals surface area contributed by atoms with Gasteiger partial charge in [0.15, 0.2) is 5.96 Å². The lowest BCUT2D eigenvalue weighted by Crippen LogP contribution is -2.40. The quantitative estimate of drug-likeness (QED) is 0.407. The molecule has 0 heterocycles. The van der Waals surface area contributed by atoms with Crippen molar-refractivity contribution in [2.75, 3.05) is 47.4 Å². The first-order valence-electron chi connectivity index (χ1n) is 7.80. The van der Waals surface area contributed by atoms with Crippen molar-refractivity contribution >= 4 is 5.96 Å². The summed E-state index contributed by atoms with van der Waals surface area (Å²) in [4.78, 5) is 6.48. The largest absolute Gasteiger partial charge is 0.385 e. The molecule has 23 heavy (non-hydrogen) atoms. The number of aliphatic imine (C=N–C) groups is 1. The molecule has 0 unspecified atom stereocenters. The van der Waals surface area contributed by atoms with Crippen LogP contribution in [0.3, 0.4) is 0 Å². The Morgan fingerprint density at radius 3 is 2.61 bits per heavy atom. The van der Waals surface area contributed by atoms with Gasteiger partial charge in [0, 0.05) is 46.9 Å². The molecule has 6 nitrogen and oxygen atoms in total. The summed E-state index contributed by atoms with van der Waals surface area (Å²) in [6.45, 7) is 4.27. The monoisotopic (exact) mass is 317 g/mol. The van der Waals surface area contributed by atoms with E-state index in [-0.39, 0.29) is 0 Å². The van der Waals surface area contributed by atoms with Crippen molar-refractivity contribution in [3.63, 3.8) is 0 Å². The number of ether oxygens (including phenoxy) is 1. The highest BCUT2D eigenvalue weighted by Crippen LogP contribution is 2.02. The molecule has 0 aliphatic rings. The number of nitriles is 1. The SMILES string of the molecule is CN=C(NCCN(C)CCCOC)NCc1ccc(C#N)cc1. The van der Waals surface area contributed by atoms with E-state index in [2.05, 4.69) is 33.6 Å². The molecule has 0 aromatic heterocycles. The first-order valence-corrected chi connectivity index (χ1v) is 7.80. The van der Waals surface area contributed by atoms with Crippen LogP contribution >= 0.6 is 0 Å². The summed E-state index contributed by atoms with van der Waals surface area (Å²) < 4.78 is 5.05. The van der Waals surface area contributed by atoms with E-state index in [4.69, 9.17) is 10.00 Å². The second-order valence-electron chi connectivity index (χ2n) is 5.31. The molecule has 126 valence electrons. The molecule has 1 rings (SSSR count). The number of methoxy groups -OCH3 is 1. The van der Waals surface area contributed by atoms with Crippen LogP contribution in [0.15, 0.2) is 29.3 Å². The van der Waals surface area contributed by atoms with Crippen molar-refractivity contribution < 1.29 is 4.74 Å². The van der Waals surface area contributed by atoms with Crippen LogP contribution in [-0.4, -0.2) is 58.3 Å². The van der Waals surface area contributed by atoms with Crippen molar-refractivity contribution in [3.8, 4) is 6.07 Å². The lowest BCUT2D eigenvalue weighted by atomic mass is 10.1. The molecule has 0 amide bonds. The predicted octanol–water partition coefficient (Wildman–Crippen LogP) is 1.19. The minimum Gasteiger partial charge on any atom is -0.385 e. The summed E-state index contributed by atoms with van der Waals surface area (Å²) in [5.74, 6) is 0.777. The Morgan fingerprint density at radius 2 is 2.00 bits per heavy atom. The van der Waals surface area contributed by atoms with E-state index in [1.807, 2.05) is 24.3 Å². The smallest absolute Gasteiger partial charge is 0.191 e. The van der Waals surface area contributed by atoms with E-state index in [0.29, 0.717) is 12.1 Å². The molecule has 0 aliphatic heterocycles. The fourth-order valence-electron chi connectivity index (χ4n) is 2.06. The molecular formula is C17H27N5O. The molecule has 0 bridgehead atoms. The molecule has 0 aliphatic carbocycles. The lowest BCUT2D eigenvalue weighted by molar-refractivity contribution is 0.180.